The van der Waals surface area contributed by atoms with Gasteiger partial charge in [0.1, 0.15) is 17.2 Å². The lowest BCUT2D eigenvalue weighted by atomic mass is 10.1. The Morgan fingerprint density at radius 3 is 2.39 bits per heavy atom. The maximum atomic E-state index is 14.0. The largest absolute Gasteiger partial charge is 0.478 e. The molecule has 0 atom stereocenters. The molecule has 0 fully saturated rings. The highest BCUT2D eigenvalue weighted by Crippen LogP contribution is 2.40. The molecule has 4 rings (SSSR count). The van der Waals surface area contributed by atoms with Crippen molar-refractivity contribution in [1.82, 2.24) is 15.0 Å². The molecule has 0 aliphatic rings. The number of carbonyl (C=O) groups excluding carboxylic acids is 1. The van der Waals surface area contributed by atoms with Crippen LogP contribution in [0, 0.1) is 0 Å². The zero-order chi connectivity index (χ0) is 29.7. The third-order valence-corrected chi connectivity index (χ3v) is 6.80. The van der Waals surface area contributed by atoms with Gasteiger partial charge in [0.15, 0.2) is 5.16 Å². The third kappa shape index (κ3) is 7.33. The fraction of sp³-hybridized carbons (Fsp3) is 0.179. The van der Waals surface area contributed by atoms with Crippen LogP contribution in [0.2, 0.25) is 5.02 Å². The highest BCUT2D eigenvalue weighted by molar-refractivity contribution is 7.98. The Labute approximate surface area is 242 Å². The van der Waals surface area contributed by atoms with Crippen LogP contribution in [-0.4, -0.2) is 38.0 Å². The quantitative estimate of drug-likeness (QED) is 0.156. The number of pyridine rings is 1. The van der Waals surface area contributed by atoms with Crippen molar-refractivity contribution in [3.63, 3.8) is 0 Å². The summed E-state index contributed by atoms with van der Waals surface area (Å²) in [7, 11) is 0. The number of carboxylic acids is 1. The van der Waals surface area contributed by atoms with E-state index in [4.69, 9.17) is 16.3 Å². The number of rotatable bonds is 9. The van der Waals surface area contributed by atoms with E-state index >= 15 is 0 Å². The number of halogens is 4. The maximum Gasteiger partial charge on any atom is 0.419 e. The summed E-state index contributed by atoms with van der Waals surface area (Å²) >= 11 is 7.04. The van der Waals surface area contributed by atoms with Gasteiger partial charge in [0.25, 0.3) is 5.91 Å². The Bertz CT molecular complexity index is 1550. The molecule has 4 aromatic rings. The SMILES string of the molecule is CC(C)N(C(=O)c1ccc(Cl)cn1)c1ccc(Oc2ccc(CSc3ncccn3)cc2C(F)(F)F)cc1C(=O)O. The van der Waals surface area contributed by atoms with E-state index in [0.717, 1.165) is 12.1 Å². The molecule has 0 aliphatic carbocycles. The predicted octanol–water partition coefficient (Wildman–Crippen LogP) is 7.38. The van der Waals surface area contributed by atoms with Crippen molar-refractivity contribution in [3.05, 3.63) is 101 Å². The second kappa shape index (κ2) is 12.6. The lowest BCUT2D eigenvalue weighted by Crippen LogP contribution is -2.38. The lowest BCUT2D eigenvalue weighted by Gasteiger charge is -2.28. The molecule has 0 bridgehead atoms. The van der Waals surface area contributed by atoms with Gasteiger partial charge in [-0.1, -0.05) is 29.4 Å². The number of nitrogens with zero attached hydrogens (tertiary/aromatic N) is 4. The molecule has 13 heteroatoms. The number of aromatic nitrogens is 3. The molecule has 1 N–H and O–H groups in total. The van der Waals surface area contributed by atoms with Gasteiger partial charge in [-0.15, -0.1) is 0 Å². The number of benzene rings is 2. The number of carbonyl (C=O) groups is 2. The van der Waals surface area contributed by atoms with E-state index in [1.165, 1.54) is 71.7 Å². The summed E-state index contributed by atoms with van der Waals surface area (Å²) in [6, 6.07) is 11.3. The molecule has 212 valence electrons. The first kappa shape index (κ1) is 29.8. The fourth-order valence-electron chi connectivity index (χ4n) is 3.82. The number of hydrogen-bond acceptors (Lipinski definition) is 7. The lowest BCUT2D eigenvalue weighted by molar-refractivity contribution is -0.138. The number of thioether (sulfide) groups is 1. The molecule has 0 aliphatic heterocycles. The van der Waals surface area contributed by atoms with Gasteiger partial charge in [-0.3, -0.25) is 4.79 Å². The van der Waals surface area contributed by atoms with Gasteiger partial charge in [-0.05, 0) is 67.9 Å². The van der Waals surface area contributed by atoms with Crippen molar-refractivity contribution in [3.8, 4) is 11.5 Å². The second-order valence-electron chi connectivity index (χ2n) is 8.87. The number of aromatic carboxylic acids is 1. The zero-order valence-corrected chi connectivity index (χ0v) is 23.2. The summed E-state index contributed by atoms with van der Waals surface area (Å²) in [5.74, 6) is -2.46. The van der Waals surface area contributed by atoms with Gasteiger partial charge < -0.3 is 14.7 Å². The molecule has 0 spiro atoms. The summed E-state index contributed by atoms with van der Waals surface area (Å²) in [6.45, 7) is 3.37. The Morgan fingerprint density at radius 2 is 1.78 bits per heavy atom. The summed E-state index contributed by atoms with van der Waals surface area (Å²) in [4.78, 5) is 38.8. The standard InChI is InChI=1S/C28H22ClF3N4O4S/c1-16(2)36(25(37)22-7-5-18(29)14-35-22)23-8-6-19(13-20(23)26(38)39)40-24-9-4-17(12-21(24)28(30,31)32)15-41-27-33-10-3-11-34-27/h3-14,16H,15H2,1-2H3,(H,38,39). The average Bonchev–Trinajstić information content (AvgIpc) is 2.93. The zero-order valence-electron chi connectivity index (χ0n) is 21.6. The minimum atomic E-state index is -4.75. The van der Waals surface area contributed by atoms with Gasteiger partial charge in [0.05, 0.1) is 21.8 Å². The number of anilines is 1. The molecular formula is C28H22ClF3N4O4S. The van der Waals surface area contributed by atoms with Crippen molar-refractivity contribution >= 4 is 40.9 Å². The van der Waals surface area contributed by atoms with Crippen LogP contribution in [0.4, 0.5) is 18.9 Å². The van der Waals surface area contributed by atoms with E-state index in [0.29, 0.717) is 15.7 Å². The summed E-state index contributed by atoms with van der Waals surface area (Å²) in [5, 5.41) is 10.7. The van der Waals surface area contributed by atoms with Gasteiger partial charge in [-0.25, -0.2) is 19.7 Å². The first-order chi connectivity index (χ1) is 19.4. The van der Waals surface area contributed by atoms with Gasteiger partial charge >= 0.3 is 12.1 Å². The van der Waals surface area contributed by atoms with Crippen molar-refractivity contribution in [2.75, 3.05) is 4.90 Å². The van der Waals surface area contributed by atoms with Crippen LogP contribution in [0.5, 0.6) is 11.5 Å². The predicted molar refractivity (Wildman–Crippen MR) is 148 cm³/mol. The van der Waals surface area contributed by atoms with Gasteiger partial charge in [0, 0.05) is 30.4 Å². The number of amides is 1. The molecule has 41 heavy (non-hydrogen) atoms. The topological polar surface area (TPSA) is 106 Å². The van der Waals surface area contributed by atoms with Crippen LogP contribution in [0.25, 0.3) is 0 Å². The fourth-order valence-corrected chi connectivity index (χ4v) is 4.68. The minimum absolute atomic E-state index is 0.0214. The third-order valence-electron chi connectivity index (χ3n) is 5.63. The minimum Gasteiger partial charge on any atom is -0.478 e. The van der Waals surface area contributed by atoms with E-state index in [1.54, 1.807) is 19.9 Å². The number of alkyl halides is 3. The van der Waals surface area contributed by atoms with Crippen LogP contribution in [0.1, 0.15) is 45.8 Å². The van der Waals surface area contributed by atoms with E-state index in [-0.39, 0.29) is 28.4 Å². The van der Waals surface area contributed by atoms with Crippen molar-refractivity contribution < 1.29 is 32.6 Å². The molecular weight excluding hydrogens is 581 g/mol. The van der Waals surface area contributed by atoms with Crippen molar-refractivity contribution in [2.45, 2.75) is 37.0 Å². The normalized spacial score (nSPS) is 11.4. The first-order valence-electron chi connectivity index (χ1n) is 12.0. The Morgan fingerprint density at radius 1 is 1.05 bits per heavy atom. The first-order valence-corrected chi connectivity index (χ1v) is 13.4. The summed E-state index contributed by atoms with van der Waals surface area (Å²) in [5.41, 5.74) is -0.952. The highest BCUT2D eigenvalue weighted by atomic mass is 35.5. The summed E-state index contributed by atoms with van der Waals surface area (Å²) in [6.07, 6.45) is -0.384. The second-order valence-corrected chi connectivity index (χ2v) is 10.2. The average molecular weight is 603 g/mol. The number of hydrogen-bond donors (Lipinski definition) is 1. The molecule has 0 saturated heterocycles. The van der Waals surface area contributed by atoms with Gasteiger partial charge in [-0.2, -0.15) is 13.2 Å². The van der Waals surface area contributed by atoms with Crippen LogP contribution < -0.4 is 9.64 Å². The van der Waals surface area contributed by atoms with E-state index in [1.807, 2.05) is 0 Å². The molecule has 2 aromatic carbocycles. The smallest absolute Gasteiger partial charge is 0.419 e. The summed E-state index contributed by atoms with van der Waals surface area (Å²) < 4.78 is 47.5. The molecule has 2 aromatic heterocycles. The highest BCUT2D eigenvalue weighted by Gasteiger charge is 2.35. The Kier molecular flexibility index (Phi) is 9.14. The Hall–Kier alpha value is -4.16. The molecule has 0 saturated carbocycles. The number of ether oxygens (including phenoxy) is 1. The maximum absolute atomic E-state index is 14.0. The molecule has 0 unspecified atom stereocenters. The molecule has 8 nitrogen and oxygen atoms in total. The molecule has 1 amide bonds. The van der Waals surface area contributed by atoms with Gasteiger partial charge in [0.2, 0.25) is 0 Å². The Balaban J connectivity index is 1.65. The van der Waals surface area contributed by atoms with Crippen molar-refractivity contribution in [1.29, 1.82) is 0 Å². The van der Waals surface area contributed by atoms with Crippen LogP contribution >= 0.6 is 23.4 Å². The van der Waals surface area contributed by atoms with Crippen molar-refractivity contribution in [2.24, 2.45) is 0 Å². The monoisotopic (exact) mass is 602 g/mol. The van der Waals surface area contributed by atoms with Crippen LogP contribution in [0.3, 0.4) is 0 Å². The number of carboxylic acid groups (broad SMARTS) is 1. The van der Waals surface area contributed by atoms with E-state index in [9.17, 15) is 27.9 Å². The van der Waals surface area contributed by atoms with E-state index in [2.05, 4.69) is 15.0 Å². The van der Waals surface area contributed by atoms with E-state index < -0.39 is 35.4 Å². The van der Waals surface area contributed by atoms with Crippen LogP contribution in [0.15, 0.2) is 78.3 Å². The molecule has 2 heterocycles. The van der Waals surface area contributed by atoms with Crippen LogP contribution in [-0.2, 0) is 11.9 Å². The molecule has 0 radical (unpaired) electrons.